The molecule has 0 fully saturated rings. The second-order valence-electron chi connectivity index (χ2n) is 4.90. The standard InChI is InChI=1S/C9H13N3O.C4H10/c1-4-6-7(10)8(5(2)3)11-12-9(6)13;1-4(2)3/h4-5,10H,1-3H3,(H,12,13);4H,1-3H3/b6-4+,10-7?;. The van der Waals surface area contributed by atoms with Crippen LogP contribution in [0.5, 0.6) is 0 Å². The van der Waals surface area contributed by atoms with E-state index in [1.54, 1.807) is 13.0 Å². The zero-order valence-electron chi connectivity index (χ0n) is 11.6. The van der Waals surface area contributed by atoms with Gasteiger partial charge in [-0.05, 0) is 18.8 Å². The number of carbonyl (C=O) groups is 1. The molecule has 0 aromatic rings. The molecule has 17 heavy (non-hydrogen) atoms. The molecule has 1 heterocycles. The zero-order valence-corrected chi connectivity index (χ0v) is 11.6. The Hall–Kier alpha value is -1.45. The number of hydrazone groups is 1. The first-order valence-corrected chi connectivity index (χ1v) is 5.94. The van der Waals surface area contributed by atoms with E-state index in [1.165, 1.54) is 0 Å². The molecule has 0 aromatic carbocycles. The lowest BCUT2D eigenvalue weighted by Gasteiger charge is -2.18. The molecule has 0 spiro atoms. The first kappa shape index (κ1) is 15.6. The summed E-state index contributed by atoms with van der Waals surface area (Å²) in [5, 5.41) is 11.5. The van der Waals surface area contributed by atoms with Crippen LogP contribution in [0, 0.1) is 17.2 Å². The molecule has 1 amide bonds. The Labute approximate surface area is 104 Å². The van der Waals surface area contributed by atoms with Gasteiger partial charge < -0.3 is 0 Å². The number of nitrogens with zero attached hydrogens (tertiary/aromatic N) is 1. The van der Waals surface area contributed by atoms with Crippen molar-refractivity contribution in [2.45, 2.75) is 41.5 Å². The van der Waals surface area contributed by atoms with Crippen LogP contribution in [0.1, 0.15) is 41.5 Å². The van der Waals surface area contributed by atoms with Crippen molar-refractivity contribution in [2.75, 3.05) is 0 Å². The molecular weight excluding hydrogens is 214 g/mol. The van der Waals surface area contributed by atoms with Crippen LogP contribution in [0.4, 0.5) is 0 Å². The van der Waals surface area contributed by atoms with Crippen LogP contribution in [0.25, 0.3) is 0 Å². The Bertz CT molecular complexity index is 349. The molecule has 0 atom stereocenters. The van der Waals surface area contributed by atoms with Crippen molar-refractivity contribution in [3.8, 4) is 0 Å². The first-order valence-electron chi connectivity index (χ1n) is 5.94. The van der Waals surface area contributed by atoms with Crippen LogP contribution >= 0.6 is 0 Å². The van der Waals surface area contributed by atoms with E-state index in [0.29, 0.717) is 11.3 Å². The number of amides is 1. The van der Waals surface area contributed by atoms with Crippen LogP contribution in [0.2, 0.25) is 0 Å². The number of rotatable bonds is 1. The third kappa shape index (κ3) is 4.93. The van der Waals surface area contributed by atoms with Crippen LogP contribution in [0.15, 0.2) is 16.8 Å². The lowest BCUT2D eigenvalue weighted by molar-refractivity contribution is -0.117. The highest BCUT2D eigenvalue weighted by Crippen LogP contribution is 2.10. The topological polar surface area (TPSA) is 65.3 Å². The maximum atomic E-state index is 11.2. The van der Waals surface area contributed by atoms with E-state index in [-0.39, 0.29) is 17.5 Å². The molecule has 1 aliphatic rings. The van der Waals surface area contributed by atoms with Crippen LogP contribution in [0.3, 0.4) is 0 Å². The number of allylic oxidation sites excluding steroid dienone is 1. The van der Waals surface area contributed by atoms with Crippen LogP contribution in [-0.4, -0.2) is 17.3 Å². The minimum Gasteiger partial charge on any atom is -0.298 e. The normalized spacial score (nSPS) is 17.9. The van der Waals surface area contributed by atoms with E-state index in [2.05, 4.69) is 31.3 Å². The molecule has 0 radical (unpaired) electrons. The second-order valence-corrected chi connectivity index (χ2v) is 4.90. The number of hydrogen-bond donors (Lipinski definition) is 2. The summed E-state index contributed by atoms with van der Waals surface area (Å²) >= 11 is 0. The van der Waals surface area contributed by atoms with Crippen molar-refractivity contribution in [2.24, 2.45) is 16.9 Å². The smallest absolute Gasteiger partial charge is 0.273 e. The third-order valence-electron chi connectivity index (χ3n) is 1.88. The van der Waals surface area contributed by atoms with E-state index >= 15 is 0 Å². The fourth-order valence-electron chi connectivity index (χ4n) is 1.17. The summed E-state index contributed by atoms with van der Waals surface area (Å²) in [5.41, 5.74) is 3.66. The van der Waals surface area contributed by atoms with E-state index in [4.69, 9.17) is 5.41 Å². The number of carbonyl (C=O) groups excluding carboxylic acids is 1. The highest BCUT2D eigenvalue weighted by Gasteiger charge is 2.24. The molecule has 96 valence electrons. The Kier molecular flexibility index (Phi) is 6.39. The molecule has 0 aliphatic carbocycles. The van der Waals surface area contributed by atoms with Gasteiger partial charge in [-0.2, -0.15) is 5.10 Å². The maximum absolute atomic E-state index is 11.2. The zero-order chi connectivity index (χ0) is 13.6. The Morgan fingerprint density at radius 2 is 1.71 bits per heavy atom. The van der Waals surface area contributed by atoms with Crippen molar-refractivity contribution in [1.29, 1.82) is 5.41 Å². The Balaban J connectivity index is 0.000000557. The van der Waals surface area contributed by atoms with Gasteiger partial charge in [0, 0.05) is 0 Å². The van der Waals surface area contributed by atoms with Gasteiger partial charge in [-0.15, -0.1) is 0 Å². The van der Waals surface area contributed by atoms with Gasteiger partial charge in [-0.1, -0.05) is 40.7 Å². The average molecular weight is 237 g/mol. The van der Waals surface area contributed by atoms with Gasteiger partial charge in [0.15, 0.2) is 0 Å². The predicted octanol–water partition coefficient (Wildman–Crippen LogP) is 2.76. The van der Waals surface area contributed by atoms with Gasteiger partial charge in [0.2, 0.25) is 0 Å². The summed E-state index contributed by atoms with van der Waals surface area (Å²) < 4.78 is 0. The minimum atomic E-state index is -0.295. The van der Waals surface area contributed by atoms with E-state index in [9.17, 15) is 4.79 Å². The molecule has 2 N–H and O–H groups in total. The quantitative estimate of drug-likeness (QED) is 0.677. The third-order valence-corrected chi connectivity index (χ3v) is 1.88. The van der Waals surface area contributed by atoms with Crippen molar-refractivity contribution < 1.29 is 4.79 Å². The van der Waals surface area contributed by atoms with E-state index in [0.717, 1.165) is 5.92 Å². The van der Waals surface area contributed by atoms with Crippen molar-refractivity contribution in [3.05, 3.63) is 11.6 Å². The maximum Gasteiger partial charge on any atom is 0.273 e. The van der Waals surface area contributed by atoms with Gasteiger partial charge in [0.25, 0.3) is 5.91 Å². The summed E-state index contributed by atoms with van der Waals surface area (Å²) in [7, 11) is 0. The molecule has 1 rings (SSSR count). The fraction of sp³-hybridized carbons (Fsp3) is 0.615. The fourth-order valence-corrected chi connectivity index (χ4v) is 1.17. The average Bonchev–Trinajstić information content (AvgIpc) is 2.16. The van der Waals surface area contributed by atoms with Gasteiger partial charge in [0.05, 0.1) is 17.0 Å². The van der Waals surface area contributed by atoms with Gasteiger partial charge in [-0.25, -0.2) is 5.43 Å². The van der Waals surface area contributed by atoms with Crippen molar-refractivity contribution in [3.63, 3.8) is 0 Å². The molecule has 4 nitrogen and oxygen atoms in total. The largest absolute Gasteiger partial charge is 0.298 e. The number of hydrogen-bond acceptors (Lipinski definition) is 3. The number of nitrogens with one attached hydrogen (secondary N) is 2. The van der Waals surface area contributed by atoms with Gasteiger partial charge in [0.1, 0.15) is 0 Å². The lowest BCUT2D eigenvalue weighted by Crippen LogP contribution is -2.37. The summed E-state index contributed by atoms with van der Waals surface area (Å²) in [6.45, 7) is 12.1. The second kappa shape index (κ2) is 6.99. The van der Waals surface area contributed by atoms with Crippen molar-refractivity contribution in [1.82, 2.24) is 5.43 Å². The molecular formula is C13H23N3O. The molecule has 0 saturated heterocycles. The highest BCUT2D eigenvalue weighted by atomic mass is 16.2. The summed E-state index contributed by atoms with van der Waals surface area (Å²) in [6.07, 6.45) is 1.63. The van der Waals surface area contributed by atoms with Gasteiger partial charge >= 0.3 is 0 Å². The van der Waals surface area contributed by atoms with E-state index in [1.807, 2.05) is 13.8 Å². The molecule has 0 unspecified atom stereocenters. The van der Waals surface area contributed by atoms with E-state index < -0.39 is 0 Å². The monoisotopic (exact) mass is 237 g/mol. The molecule has 1 aliphatic heterocycles. The van der Waals surface area contributed by atoms with Crippen LogP contribution < -0.4 is 5.43 Å². The minimum absolute atomic E-state index is 0.156. The highest BCUT2D eigenvalue weighted by molar-refractivity contribution is 6.54. The predicted molar refractivity (Wildman–Crippen MR) is 72.4 cm³/mol. The van der Waals surface area contributed by atoms with Crippen molar-refractivity contribution >= 4 is 17.3 Å². The molecule has 0 bridgehead atoms. The van der Waals surface area contributed by atoms with Crippen LogP contribution in [-0.2, 0) is 4.79 Å². The Morgan fingerprint density at radius 3 is 2.06 bits per heavy atom. The molecule has 0 aromatic heterocycles. The van der Waals surface area contributed by atoms with Gasteiger partial charge in [-0.3, -0.25) is 10.2 Å². The Morgan fingerprint density at radius 1 is 1.24 bits per heavy atom. The summed E-state index contributed by atoms with van der Waals surface area (Å²) in [5.74, 6) is 0.694. The molecule has 0 saturated carbocycles. The first-order chi connectivity index (χ1) is 7.81. The summed E-state index contributed by atoms with van der Waals surface area (Å²) in [6, 6.07) is 0. The molecule has 4 heteroatoms. The SMILES string of the molecule is C/C=C1\C(=N)C(C(C)C)=NNC1=O.CC(C)C. The summed E-state index contributed by atoms with van der Waals surface area (Å²) in [4.78, 5) is 11.2. The lowest BCUT2D eigenvalue weighted by atomic mass is 9.96.